The number of hydrogen-bond acceptors (Lipinski definition) is 3. The van der Waals surface area contributed by atoms with Crippen molar-refractivity contribution >= 4 is 28.5 Å². The topological polar surface area (TPSA) is 39.2 Å². The Morgan fingerprint density at radius 1 is 1.12 bits per heavy atom. The maximum absolute atomic E-state index is 12.7. The Bertz CT molecular complexity index is 934. The fourth-order valence-electron chi connectivity index (χ4n) is 3.07. The summed E-state index contributed by atoms with van der Waals surface area (Å²) in [6.45, 7) is 6.29. The van der Waals surface area contributed by atoms with Crippen LogP contribution >= 0.6 is 11.6 Å². The quantitative estimate of drug-likeness (QED) is 0.436. The molecule has 0 saturated heterocycles. The molecule has 3 nitrogen and oxygen atoms in total. The number of carbonyl (C=O) groups excluding carboxylic acids is 1. The molecule has 0 bridgehead atoms. The smallest absolute Gasteiger partial charge is 0.339 e. The Balaban J connectivity index is 2.35. The first-order valence-electron chi connectivity index (χ1n) is 8.38. The second kappa shape index (κ2) is 7.24. The second-order valence-corrected chi connectivity index (χ2v) is 6.54. The van der Waals surface area contributed by atoms with Gasteiger partial charge < -0.3 is 4.74 Å². The van der Waals surface area contributed by atoms with Crippen LogP contribution in [0, 0.1) is 0 Å². The molecule has 0 aliphatic heterocycles. The van der Waals surface area contributed by atoms with E-state index in [0.29, 0.717) is 17.3 Å². The molecule has 0 N–H and O–H groups in total. The molecule has 0 unspecified atom stereocenters. The highest BCUT2D eigenvalue weighted by molar-refractivity contribution is 6.30. The lowest BCUT2D eigenvalue weighted by molar-refractivity contribution is 0.0525. The summed E-state index contributed by atoms with van der Waals surface area (Å²) in [5.41, 5.74) is 4.08. The highest BCUT2D eigenvalue weighted by Gasteiger charge is 2.21. The first-order chi connectivity index (χ1) is 12.0. The third kappa shape index (κ3) is 3.38. The minimum absolute atomic E-state index is 0.197. The van der Waals surface area contributed by atoms with E-state index in [4.69, 9.17) is 16.3 Å². The number of pyridine rings is 1. The van der Waals surface area contributed by atoms with E-state index < -0.39 is 0 Å². The van der Waals surface area contributed by atoms with Gasteiger partial charge in [-0.1, -0.05) is 61.8 Å². The molecule has 0 aliphatic carbocycles. The van der Waals surface area contributed by atoms with Gasteiger partial charge in [0.05, 0.1) is 17.7 Å². The molecule has 0 fully saturated rings. The molecule has 3 aromatic rings. The predicted molar refractivity (Wildman–Crippen MR) is 102 cm³/mol. The van der Waals surface area contributed by atoms with E-state index in [1.165, 1.54) is 0 Å². The minimum atomic E-state index is -0.307. The monoisotopic (exact) mass is 353 g/mol. The maximum atomic E-state index is 12.7. The van der Waals surface area contributed by atoms with E-state index in [1.807, 2.05) is 55.5 Å². The third-order valence-corrected chi connectivity index (χ3v) is 4.37. The summed E-state index contributed by atoms with van der Waals surface area (Å²) in [6.07, 6.45) is 0. The molecule has 0 saturated carbocycles. The molecular weight excluding hydrogens is 334 g/mol. The lowest BCUT2D eigenvalue weighted by Crippen LogP contribution is -2.11. The Labute approximate surface area is 152 Å². The summed E-state index contributed by atoms with van der Waals surface area (Å²) >= 11 is 6.24. The van der Waals surface area contributed by atoms with Crippen LogP contribution in [0.5, 0.6) is 0 Å². The fourth-order valence-corrected chi connectivity index (χ4v) is 3.27. The van der Waals surface area contributed by atoms with Gasteiger partial charge in [-0.05, 0) is 41.7 Å². The summed E-state index contributed by atoms with van der Waals surface area (Å²) < 4.78 is 5.34. The van der Waals surface area contributed by atoms with Gasteiger partial charge in [-0.2, -0.15) is 0 Å². The van der Waals surface area contributed by atoms with Crippen LogP contribution in [-0.4, -0.2) is 17.6 Å². The molecule has 2 aromatic carbocycles. The summed E-state index contributed by atoms with van der Waals surface area (Å²) in [6, 6.07) is 15.5. The minimum Gasteiger partial charge on any atom is -0.462 e. The molecule has 3 rings (SSSR count). The molecule has 0 aliphatic rings. The first kappa shape index (κ1) is 17.4. The van der Waals surface area contributed by atoms with Crippen LogP contribution in [0.4, 0.5) is 0 Å². The van der Waals surface area contributed by atoms with E-state index in [-0.39, 0.29) is 11.9 Å². The van der Waals surface area contributed by atoms with Crippen LogP contribution in [0.25, 0.3) is 22.0 Å². The van der Waals surface area contributed by atoms with Crippen molar-refractivity contribution in [1.29, 1.82) is 0 Å². The molecule has 1 aromatic heterocycles. The number of esters is 1. The van der Waals surface area contributed by atoms with Gasteiger partial charge >= 0.3 is 5.97 Å². The number of carbonyl (C=O) groups is 1. The number of para-hydroxylation sites is 1. The van der Waals surface area contributed by atoms with Gasteiger partial charge in [-0.15, -0.1) is 0 Å². The second-order valence-electron chi connectivity index (χ2n) is 6.15. The van der Waals surface area contributed by atoms with Crippen molar-refractivity contribution in [2.24, 2.45) is 0 Å². The summed E-state index contributed by atoms with van der Waals surface area (Å²) in [7, 11) is 0. The first-order valence-corrected chi connectivity index (χ1v) is 8.76. The highest BCUT2D eigenvalue weighted by atomic mass is 35.5. The van der Waals surface area contributed by atoms with Crippen LogP contribution < -0.4 is 0 Å². The van der Waals surface area contributed by atoms with Gasteiger partial charge in [-0.25, -0.2) is 9.78 Å². The van der Waals surface area contributed by atoms with Gasteiger partial charge in [0.2, 0.25) is 0 Å². The van der Waals surface area contributed by atoms with Gasteiger partial charge in [0.25, 0.3) is 0 Å². The van der Waals surface area contributed by atoms with Crippen LogP contribution in [0.1, 0.15) is 42.6 Å². The zero-order valence-electron chi connectivity index (χ0n) is 14.5. The van der Waals surface area contributed by atoms with Gasteiger partial charge in [-0.3, -0.25) is 0 Å². The van der Waals surface area contributed by atoms with Crippen molar-refractivity contribution in [2.45, 2.75) is 26.7 Å². The normalized spacial score (nSPS) is 11.1. The molecule has 4 heteroatoms. The van der Waals surface area contributed by atoms with Crippen molar-refractivity contribution in [3.63, 3.8) is 0 Å². The number of rotatable bonds is 4. The van der Waals surface area contributed by atoms with E-state index in [1.54, 1.807) is 0 Å². The number of ether oxygens (including phenoxy) is 1. The Morgan fingerprint density at radius 3 is 2.60 bits per heavy atom. The summed E-state index contributed by atoms with van der Waals surface area (Å²) in [5, 5.41) is 1.36. The van der Waals surface area contributed by atoms with Crippen molar-refractivity contribution < 1.29 is 9.53 Å². The van der Waals surface area contributed by atoms with Crippen molar-refractivity contribution in [3.8, 4) is 11.1 Å². The number of nitrogens with zero attached hydrogens (tertiary/aromatic N) is 1. The van der Waals surface area contributed by atoms with Crippen molar-refractivity contribution in [1.82, 2.24) is 4.98 Å². The van der Waals surface area contributed by atoms with E-state index in [0.717, 1.165) is 27.6 Å². The van der Waals surface area contributed by atoms with E-state index >= 15 is 0 Å². The van der Waals surface area contributed by atoms with E-state index in [9.17, 15) is 4.79 Å². The molecule has 0 amide bonds. The molecule has 25 heavy (non-hydrogen) atoms. The van der Waals surface area contributed by atoms with Gasteiger partial charge in [0.15, 0.2) is 0 Å². The molecular formula is C21H20ClNO2. The largest absolute Gasteiger partial charge is 0.462 e. The maximum Gasteiger partial charge on any atom is 0.339 e. The highest BCUT2D eigenvalue weighted by Crippen LogP contribution is 2.35. The van der Waals surface area contributed by atoms with Crippen LogP contribution in [0.3, 0.4) is 0 Å². The van der Waals surface area contributed by atoms with Crippen molar-refractivity contribution in [3.05, 3.63) is 64.8 Å². The number of hydrogen-bond donors (Lipinski definition) is 0. The number of halogens is 1. The third-order valence-electron chi connectivity index (χ3n) is 4.17. The molecule has 1 heterocycles. The van der Waals surface area contributed by atoms with Crippen LogP contribution in [0.2, 0.25) is 5.15 Å². The average molecular weight is 354 g/mol. The molecule has 0 spiro atoms. The zero-order chi connectivity index (χ0) is 18.0. The average Bonchev–Trinajstić information content (AvgIpc) is 2.60. The fraction of sp³-hybridized carbons (Fsp3) is 0.238. The summed E-state index contributed by atoms with van der Waals surface area (Å²) in [4.78, 5) is 17.1. The zero-order valence-corrected chi connectivity index (χ0v) is 15.3. The van der Waals surface area contributed by atoms with Crippen LogP contribution in [-0.2, 0) is 4.74 Å². The molecule has 128 valence electrons. The predicted octanol–water partition coefficient (Wildman–Crippen LogP) is 5.86. The lowest BCUT2D eigenvalue weighted by atomic mass is 9.89. The molecule has 0 radical (unpaired) electrons. The Hall–Kier alpha value is -2.39. The van der Waals surface area contributed by atoms with Gasteiger partial charge in [0.1, 0.15) is 5.15 Å². The Kier molecular flexibility index (Phi) is 5.05. The van der Waals surface area contributed by atoms with Crippen molar-refractivity contribution in [2.75, 3.05) is 6.61 Å². The van der Waals surface area contributed by atoms with Crippen LogP contribution in [0.15, 0.2) is 48.5 Å². The number of benzene rings is 2. The summed E-state index contributed by atoms with van der Waals surface area (Å²) in [5.74, 6) is -0.109. The van der Waals surface area contributed by atoms with E-state index in [2.05, 4.69) is 18.8 Å². The number of aromatic nitrogens is 1. The van der Waals surface area contributed by atoms with Gasteiger partial charge in [0, 0.05) is 5.39 Å². The number of fused-ring (bicyclic) bond motifs is 1. The lowest BCUT2D eigenvalue weighted by Gasteiger charge is -2.17. The Morgan fingerprint density at radius 2 is 1.88 bits per heavy atom. The SMILES string of the molecule is CCOC(=O)c1c(-c2cc(Cl)nc3ccccc23)cccc1C(C)C. The standard InChI is InChI=1S/C21H20ClNO2/c1-4-25-21(24)20-14(13(2)3)9-7-10-16(20)17-12-19(22)23-18-11-6-5-8-15(17)18/h5-13H,4H2,1-3H3. The molecule has 0 atom stereocenters.